The number of anilines is 1. The lowest BCUT2D eigenvalue weighted by molar-refractivity contribution is -0.128. The third kappa shape index (κ3) is 5.13. The molecular weight excluding hydrogens is 375 g/mol. The highest BCUT2D eigenvalue weighted by Gasteiger charge is 2.44. The van der Waals surface area contributed by atoms with Crippen molar-refractivity contribution in [2.24, 2.45) is 0 Å². The summed E-state index contributed by atoms with van der Waals surface area (Å²) in [5.74, 6) is 0.0669. The summed E-state index contributed by atoms with van der Waals surface area (Å²) in [4.78, 5) is 13.7. The zero-order valence-electron chi connectivity index (χ0n) is 15.8. The van der Waals surface area contributed by atoms with E-state index < -0.39 is 8.32 Å². The average molecular weight is 403 g/mol. The molecule has 1 fully saturated rings. The molecule has 0 aromatic heterocycles. The number of rotatable bonds is 4. The fraction of sp³-hybridized carbons (Fsp3) is 0.611. The van der Waals surface area contributed by atoms with E-state index in [-0.39, 0.29) is 23.1 Å². The summed E-state index contributed by atoms with van der Waals surface area (Å²) in [6.07, 6.45) is -0.0532. The molecule has 1 aliphatic rings. The van der Waals surface area contributed by atoms with Crippen LogP contribution in [0.15, 0.2) is 18.2 Å². The molecule has 1 saturated heterocycles. The molecule has 1 aliphatic heterocycles. The van der Waals surface area contributed by atoms with Crippen LogP contribution < -0.4 is 5.32 Å². The minimum Gasteiger partial charge on any atom is -0.410 e. The van der Waals surface area contributed by atoms with Crippen LogP contribution in [-0.2, 0) is 9.22 Å². The summed E-state index contributed by atoms with van der Waals surface area (Å²) < 4.78 is 6.61. The van der Waals surface area contributed by atoms with E-state index in [1.807, 2.05) is 17.0 Å². The maximum atomic E-state index is 11.9. The van der Waals surface area contributed by atoms with Gasteiger partial charge in [0.1, 0.15) is 0 Å². The number of likely N-dealkylation sites (tertiary alicyclic amines) is 1. The summed E-state index contributed by atoms with van der Waals surface area (Å²) in [7, 11) is -1.95. The number of nitrogens with one attached hydrogen (secondary N) is 1. The molecule has 0 saturated carbocycles. The molecule has 7 heteroatoms. The van der Waals surface area contributed by atoms with Crippen LogP contribution in [0.2, 0.25) is 28.2 Å². The first-order valence-corrected chi connectivity index (χ1v) is 12.2. The Balaban J connectivity index is 2.21. The first-order chi connectivity index (χ1) is 11.4. The van der Waals surface area contributed by atoms with Crippen LogP contribution >= 0.6 is 23.2 Å². The van der Waals surface area contributed by atoms with Crippen LogP contribution in [0.25, 0.3) is 0 Å². The second-order valence-corrected chi connectivity index (χ2v) is 13.9. The van der Waals surface area contributed by atoms with Gasteiger partial charge in [0.2, 0.25) is 5.91 Å². The highest BCUT2D eigenvalue weighted by atomic mass is 35.5. The number of amides is 1. The molecule has 0 radical (unpaired) electrons. The van der Waals surface area contributed by atoms with Gasteiger partial charge < -0.3 is 14.6 Å². The van der Waals surface area contributed by atoms with Gasteiger partial charge in [-0.15, -0.1) is 0 Å². The Kier molecular flexibility index (Phi) is 6.14. The van der Waals surface area contributed by atoms with Gasteiger partial charge in [0.05, 0.1) is 12.1 Å². The molecule has 1 N–H and O–H groups in total. The number of hydrogen-bond acceptors (Lipinski definition) is 3. The topological polar surface area (TPSA) is 41.6 Å². The number of carbonyl (C=O) groups excluding carboxylic acids is 1. The zero-order valence-corrected chi connectivity index (χ0v) is 18.3. The lowest BCUT2D eigenvalue weighted by atomic mass is 10.2. The fourth-order valence-corrected chi connectivity index (χ4v) is 4.57. The van der Waals surface area contributed by atoms with Gasteiger partial charge >= 0.3 is 0 Å². The van der Waals surface area contributed by atoms with Crippen molar-refractivity contribution >= 4 is 43.1 Å². The molecule has 1 aromatic rings. The number of benzene rings is 1. The van der Waals surface area contributed by atoms with Crippen molar-refractivity contribution in [1.29, 1.82) is 0 Å². The predicted molar refractivity (Wildman–Crippen MR) is 108 cm³/mol. The highest BCUT2D eigenvalue weighted by Crippen LogP contribution is 2.38. The first-order valence-electron chi connectivity index (χ1n) is 8.55. The van der Waals surface area contributed by atoms with E-state index in [1.54, 1.807) is 13.0 Å². The standard InChI is InChI=1S/C18H28Cl2N2O2Si/c1-12(23)22-10-16(21-15-8-13(19)7-14(20)9-15)17(11-22)24-25(5,6)18(2,3)4/h7-9,16-17,21H,10-11H2,1-6H3. The Bertz CT molecular complexity index is 626. The smallest absolute Gasteiger partial charge is 0.219 e. The van der Waals surface area contributed by atoms with E-state index in [0.29, 0.717) is 23.1 Å². The molecule has 2 unspecified atom stereocenters. The van der Waals surface area contributed by atoms with Crippen LogP contribution in [-0.4, -0.2) is 44.4 Å². The van der Waals surface area contributed by atoms with Crippen molar-refractivity contribution < 1.29 is 9.22 Å². The zero-order chi connectivity index (χ0) is 19.0. The van der Waals surface area contributed by atoms with Crippen molar-refractivity contribution in [3.8, 4) is 0 Å². The Morgan fingerprint density at radius 3 is 2.24 bits per heavy atom. The third-order valence-electron chi connectivity index (χ3n) is 5.18. The van der Waals surface area contributed by atoms with E-state index in [2.05, 4.69) is 39.2 Å². The summed E-state index contributed by atoms with van der Waals surface area (Å²) in [5, 5.41) is 4.74. The van der Waals surface area contributed by atoms with Crippen LogP contribution in [0.1, 0.15) is 27.7 Å². The van der Waals surface area contributed by atoms with E-state index in [9.17, 15) is 4.79 Å². The molecule has 2 rings (SSSR count). The minimum atomic E-state index is -1.95. The largest absolute Gasteiger partial charge is 0.410 e. The maximum Gasteiger partial charge on any atom is 0.219 e. The van der Waals surface area contributed by atoms with E-state index in [1.165, 1.54) is 0 Å². The van der Waals surface area contributed by atoms with Gasteiger partial charge in [-0.2, -0.15) is 0 Å². The van der Waals surface area contributed by atoms with Gasteiger partial charge in [0.25, 0.3) is 0 Å². The lowest BCUT2D eigenvalue weighted by Crippen LogP contribution is -2.48. The second-order valence-electron chi connectivity index (χ2n) is 8.25. The van der Waals surface area contributed by atoms with Crippen molar-refractivity contribution in [3.63, 3.8) is 0 Å². The van der Waals surface area contributed by atoms with Gasteiger partial charge in [-0.25, -0.2) is 0 Å². The van der Waals surface area contributed by atoms with E-state index in [0.717, 1.165) is 5.69 Å². The average Bonchev–Trinajstić information content (AvgIpc) is 2.78. The van der Waals surface area contributed by atoms with Crippen molar-refractivity contribution in [2.75, 3.05) is 18.4 Å². The molecule has 4 nitrogen and oxygen atoms in total. The van der Waals surface area contributed by atoms with Crippen LogP contribution in [0.4, 0.5) is 5.69 Å². The number of nitrogens with zero attached hydrogens (tertiary/aromatic N) is 1. The SMILES string of the molecule is CC(=O)N1CC(Nc2cc(Cl)cc(Cl)c2)C(O[Si](C)(C)C(C)(C)C)C1. The molecule has 0 bridgehead atoms. The van der Waals surface area contributed by atoms with Gasteiger partial charge in [-0.1, -0.05) is 44.0 Å². The summed E-state index contributed by atoms with van der Waals surface area (Å²) in [5.41, 5.74) is 0.844. The third-order valence-corrected chi connectivity index (χ3v) is 10.1. The Hall–Kier alpha value is -0.753. The predicted octanol–water partition coefficient (Wildman–Crippen LogP) is 5.03. The molecule has 2 atom stereocenters. The van der Waals surface area contributed by atoms with E-state index >= 15 is 0 Å². The lowest BCUT2D eigenvalue weighted by Gasteiger charge is -2.39. The fourth-order valence-electron chi connectivity index (χ4n) is 2.70. The van der Waals surface area contributed by atoms with Crippen molar-refractivity contribution in [3.05, 3.63) is 28.2 Å². The summed E-state index contributed by atoms with van der Waals surface area (Å²) in [6.45, 7) is 13.9. The van der Waals surface area contributed by atoms with Gasteiger partial charge in [-0.05, 0) is 36.3 Å². The van der Waals surface area contributed by atoms with Crippen LogP contribution in [0.3, 0.4) is 0 Å². The molecule has 1 aromatic carbocycles. The van der Waals surface area contributed by atoms with Crippen molar-refractivity contribution in [1.82, 2.24) is 4.90 Å². The molecular formula is C18H28Cl2N2O2Si. The number of carbonyl (C=O) groups is 1. The highest BCUT2D eigenvalue weighted by molar-refractivity contribution is 6.74. The Morgan fingerprint density at radius 1 is 1.20 bits per heavy atom. The van der Waals surface area contributed by atoms with Gasteiger partial charge in [0, 0.05) is 35.7 Å². The quantitative estimate of drug-likeness (QED) is 0.718. The summed E-state index contributed by atoms with van der Waals surface area (Å²) in [6, 6.07) is 5.39. The summed E-state index contributed by atoms with van der Waals surface area (Å²) >= 11 is 12.2. The molecule has 0 aliphatic carbocycles. The Labute approximate surface area is 162 Å². The van der Waals surface area contributed by atoms with Crippen LogP contribution in [0, 0.1) is 0 Å². The normalized spacial score (nSPS) is 21.5. The number of hydrogen-bond donors (Lipinski definition) is 1. The molecule has 0 spiro atoms. The monoisotopic (exact) mass is 402 g/mol. The molecule has 140 valence electrons. The number of halogens is 2. The minimum absolute atomic E-state index is 0.00700. The second kappa shape index (κ2) is 7.47. The molecule has 1 heterocycles. The molecule has 25 heavy (non-hydrogen) atoms. The first kappa shape index (κ1) is 20.6. The van der Waals surface area contributed by atoms with Crippen LogP contribution in [0.5, 0.6) is 0 Å². The van der Waals surface area contributed by atoms with Crippen molar-refractivity contribution in [2.45, 2.75) is 58.0 Å². The van der Waals surface area contributed by atoms with E-state index in [4.69, 9.17) is 27.6 Å². The van der Waals surface area contributed by atoms with Gasteiger partial charge in [0.15, 0.2) is 8.32 Å². The van der Waals surface area contributed by atoms with Gasteiger partial charge in [-0.3, -0.25) is 4.79 Å². The molecule has 1 amide bonds. The maximum absolute atomic E-state index is 11.9. The Morgan fingerprint density at radius 2 is 1.76 bits per heavy atom.